The molecule has 1 N–H and O–H groups in total. The summed E-state index contributed by atoms with van der Waals surface area (Å²) in [5.41, 5.74) is 3.03. The van der Waals surface area contributed by atoms with Crippen molar-refractivity contribution in [2.45, 2.75) is 31.8 Å². The first-order valence-corrected chi connectivity index (χ1v) is 9.82. The second-order valence-corrected chi connectivity index (χ2v) is 8.03. The molecule has 0 aliphatic heterocycles. The predicted molar refractivity (Wildman–Crippen MR) is 103 cm³/mol. The molecule has 2 heterocycles. The van der Waals surface area contributed by atoms with E-state index < -0.39 is 0 Å². The Morgan fingerprint density at radius 3 is 2.96 bits per heavy atom. The molecule has 25 heavy (non-hydrogen) atoms. The second-order valence-electron chi connectivity index (χ2n) is 5.75. The Balaban J connectivity index is 1.56. The summed E-state index contributed by atoms with van der Waals surface area (Å²) in [4.78, 5) is 17.7. The van der Waals surface area contributed by atoms with Crippen LogP contribution in [0, 0.1) is 13.8 Å². The van der Waals surface area contributed by atoms with Gasteiger partial charge in [-0.2, -0.15) is 4.98 Å². The first kappa shape index (κ1) is 17.7. The Labute approximate surface area is 154 Å². The van der Waals surface area contributed by atoms with E-state index in [1.807, 2.05) is 56.5 Å². The lowest BCUT2D eigenvalue weighted by Gasteiger charge is -2.13. The highest BCUT2D eigenvalue weighted by atomic mass is 32.2. The van der Waals surface area contributed by atoms with Crippen molar-refractivity contribution in [2.75, 3.05) is 5.32 Å². The standard InChI is InChI=1S/C18H19N3O2S2/c1-11-6-7-12(2)14(9-11)19-18(22)13(3)25-10-16-20-17(21-23-16)15-5-4-8-24-15/h4-9,13H,10H2,1-3H3,(H,19,22). The fourth-order valence-corrected chi connectivity index (χ4v) is 3.57. The van der Waals surface area contributed by atoms with E-state index >= 15 is 0 Å². The summed E-state index contributed by atoms with van der Waals surface area (Å²) in [7, 11) is 0. The fourth-order valence-electron chi connectivity index (χ4n) is 2.20. The van der Waals surface area contributed by atoms with E-state index in [2.05, 4.69) is 15.5 Å². The quantitative estimate of drug-likeness (QED) is 0.680. The number of carbonyl (C=O) groups excluding carboxylic acids is 1. The average Bonchev–Trinajstić information content (AvgIpc) is 3.26. The maximum atomic E-state index is 12.4. The highest BCUT2D eigenvalue weighted by Gasteiger charge is 2.17. The molecule has 1 aromatic carbocycles. The van der Waals surface area contributed by atoms with Crippen LogP contribution in [0.5, 0.6) is 0 Å². The molecule has 0 aliphatic carbocycles. The zero-order valence-electron chi connectivity index (χ0n) is 14.3. The van der Waals surface area contributed by atoms with Crippen molar-refractivity contribution < 1.29 is 9.32 Å². The topological polar surface area (TPSA) is 68.0 Å². The van der Waals surface area contributed by atoms with E-state index in [1.165, 1.54) is 11.8 Å². The van der Waals surface area contributed by atoms with Crippen molar-refractivity contribution in [3.63, 3.8) is 0 Å². The minimum atomic E-state index is -0.225. The smallest absolute Gasteiger partial charge is 0.237 e. The number of nitrogens with zero attached hydrogens (tertiary/aromatic N) is 2. The predicted octanol–water partition coefficient (Wildman–Crippen LogP) is 4.68. The number of thiophene rings is 1. The molecular weight excluding hydrogens is 354 g/mol. The summed E-state index contributed by atoms with van der Waals surface area (Å²) in [5, 5.41) is 8.72. The van der Waals surface area contributed by atoms with Crippen molar-refractivity contribution in [2.24, 2.45) is 0 Å². The van der Waals surface area contributed by atoms with Crippen molar-refractivity contribution in [3.8, 4) is 10.7 Å². The van der Waals surface area contributed by atoms with E-state index in [9.17, 15) is 4.79 Å². The number of aromatic nitrogens is 2. The van der Waals surface area contributed by atoms with Gasteiger partial charge >= 0.3 is 0 Å². The van der Waals surface area contributed by atoms with Crippen LogP contribution in [0.25, 0.3) is 10.7 Å². The number of hydrogen-bond donors (Lipinski definition) is 1. The SMILES string of the molecule is Cc1ccc(C)c(NC(=O)C(C)SCc2nc(-c3cccs3)no2)c1. The number of amides is 1. The number of carbonyl (C=O) groups is 1. The molecule has 0 saturated heterocycles. The lowest BCUT2D eigenvalue weighted by Crippen LogP contribution is -2.23. The van der Waals surface area contributed by atoms with Crippen LogP contribution in [0.4, 0.5) is 5.69 Å². The van der Waals surface area contributed by atoms with Gasteiger partial charge in [0.2, 0.25) is 17.6 Å². The Morgan fingerprint density at radius 1 is 1.36 bits per heavy atom. The third-order valence-electron chi connectivity index (χ3n) is 3.69. The molecule has 0 saturated carbocycles. The van der Waals surface area contributed by atoms with Gasteiger partial charge in [0.25, 0.3) is 0 Å². The van der Waals surface area contributed by atoms with Gasteiger partial charge in [-0.1, -0.05) is 23.4 Å². The maximum Gasteiger partial charge on any atom is 0.237 e. The van der Waals surface area contributed by atoms with E-state index in [4.69, 9.17) is 4.52 Å². The van der Waals surface area contributed by atoms with E-state index in [0.717, 1.165) is 21.7 Å². The van der Waals surface area contributed by atoms with Crippen LogP contribution in [-0.2, 0) is 10.5 Å². The fraction of sp³-hybridized carbons (Fsp3) is 0.278. The lowest BCUT2D eigenvalue weighted by molar-refractivity contribution is -0.115. The molecule has 0 aliphatic rings. The third kappa shape index (κ3) is 4.49. The van der Waals surface area contributed by atoms with Crippen LogP contribution < -0.4 is 5.32 Å². The minimum Gasteiger partial charge on any atom is -0.338 e. The molecule has 130 valence electrons. The van der Waals surface area contributed by atoms with Gasteiger partial charge in [-0.05, 0) is 49.4 Å². The molecule has 3 rings (SSSR count). The number of thioether (sulfide) groups is 1. The first-order chi connectivity index (χ1) is 12.0. The Kier molecular flexibility index (Phi) is 5.55. The van der Waals surface area contributed by atoms with Crippen LogP contribution in [0.1, 0.15) is 23.9 Å². The molecule has 7 heteroatoms. The molecule has 1 amide bonds. The number of rotatable bonds is 6. The molecule has 0 fully saturated rings. The molecule has 3 aromatic rings. The number of nitrogens with one attached hydrogen (secondary N) is 1. The zero-order valence-corrected chi connectivity index (χ0v) is 15.9. The monoisotopic (exact) mass is 373 g/mol. The summed E-state index contributed by atoms with van der Waals surface area (Å²) in [6.07, 6.45) is 0. The first-order valence-electron chi connectivity index (χ1n) is 7.89. The normalized spacial score (nSPS) is 12.1. The van der Waals surface area contributed by atoms with Gasteiger partial charge < -0.3 is 9.84 Å². The largest absolute Gasteiger partial charge is 0.338 e. The second kappa shape index (κ2) is 7.84. The van der Waals surface area contributed by atoms with Crippen LogP contribution >= 0.6 is 23.1 Å². The van der Waals surface area contributed by atoms with E-state index in [-0.39, 0.29) is 11.2 Å². The number of aryl methyl sites for hydroxylation is 2. The molecule has 2 aromatic heterocycles. The minimum absolute atomic E-state index is 0.0308. The van der Waals surface area contributed by atoms with Crippen molar-refractivity contribution in [1.29, 1.82) is 0 Å². The molecule has 0 spiro atoms. The van der Waals surface area contributed by atoms with Crippen molar-refractivity contribution in [1.82, 2.24) is 10.1 Å². The van der Waals surface area contributed by atoms with E-state index in [1.54, 1.807) is 11.3 Å². The number of anilines is 1. The molecule has 1 atom stereocenters. The Hall–Kier alpha value is -2.12. The van der Waals surface area contributed by atoms with Gasteiger partial charge in [-0.3, -0.25) is 4.79 Å². The maximum absolute atomic E-state index is 12.4. The van der Waals surface area contributed by atoms with Crippen molar-refractivity contribution >= 4 is 34.7 Å². The van der Waals surface area contributed by atoms with Gasteiger partial charge in [0.1, 0.15) is 0 Å². The van der Waals surface area contributed by atoms with Gasteiger partial charge in [-0.15, -0.1) is 23.1 Å². The Morgan fingerprint density at radius 2 is 2.20 bits per heavy atom. The number of hydrogen-bond acceptors (Lipinski definition) is 6. The summed E-state index contributed by atoms with van der Waals surface area (Å²) in [6, 6.07) is 9.92. The van der Waals surface area contributed by atoms with Crippen LogP contribution in [-0.4, -0.2) is 21.3 Å². The highest BCUT2D eigenvalue weighted by Crippen LogP contribution is 2.24. The lowest BCUT2D eigenvalue weighted by atomic mass is 10.1. The highest BCUT2D eigenvalue weighted by molar-refractivity contribution is 7.99. The van der Waals surface area contributed by atoms with Gasteiger partial charge in [0.05, 0.1) is 15.9 Å². The molecule has 1 unspecified atom stereocenters. The summed E-state index contributed by atoms with van der Waals surface area (Å²) < 4.78 is 5.26. The van der Waals surface area contributed by atoms with Gasteiger partial charge in [0.15, 0.2) is 0 Å². The molecule has 0 bridgehead atoms. The average molecular weight is 374 g/mol. The molecule has 0 radical (unpaired) electrons. The summed E-state index contributed by atoms with van der Waals surface area (Å²) in [6.45, 7) is 5.87. The van der Waals surface area contributed by atoms with Gasteiger partial charge in [0, 0.05) is 5.69 Å². The third-order valence-corrected chi connectivity index (χ3v) is 5.68. The zero-order chi connectivity index (χ0) is 17.8. The van der Waals surface area contributed by atoms with Crippen molar-refractivity contribution in [3.05, 3.63) is 52.7 Å². The van der Waals surface area contributed by atoms with Gasteiger partial charge in [-0.25, -0.2) is 0 Å². The van der Waals surface area contributed by atoms with Crippen LogP contribution in [0.2, 0.25) is 0 Å². The van der Waals surface area contributed by atoms with Crippen LogP contribution in [0.15, 0.2) is 40.2 Å². The summed E-state index contributed by atoms with van der Waals surface area (Å²) in [5.74, 6) is 1.59. The molecule has 5 nitrogen and oxygen atoms in total. The van der Waals surface area contributed by atoms with E-state index in [0.29, 0.717) is 17.5 Å². The van der Waals surface area contributed by atoms with Crippen LogP contribution in [0.3, 0.4) is 0 Å². The summed E-state index contributed by atoms with van der Waals surface area (Å²) >= 11 is 3.04. The Bertz CT molecular complexity index is 859. The molecular formula is C18H19N3O2S2. The number of benzene rings is 1.